The van der Waals surface area contributed by atoms with Crippen LogP contribution in [0.4, 0.5) is 0 Å². The maximum absolute atomic E-state index is 12.1. The van der Waals surface area contributed by atoms with Gasteiger partial charge in [-0.05, 0) is 11.6 Å². The van der Waals surface area contributed by atoms with Gasteiger partial charge in [-0.2, -0.15) is 9.92 Å². The van der Waals surface area contributed by atoms with Gasteiger partial charge in [-0.25, -0.2) is 9.59 Å². The van der Waals surface area contributed by atoms with E-state index in [1.807, 2.05) is 0 Å². The molecule has 0 aliphatic carbocycles. The van der Waals surface area contributed by atoms with Crippen LogP contribution in [0, 0.1) is 0 Å². The lowest BCUT2D eigenvalue weighted by molar-refractivity contribution is -0.149. The summed E-state index contributed by atoms with van der Waals surface area (Å²) in [5.74, 6) is -1.45. The van der Waals surface area contributed by atoms with Gasteiger partial charge in [0, 0.05) is 12.8 Å². The zero-order valence-electron chi connectivity index (χ0n) is 13.6. The Labute approximate surface area is 135 Å². The van der Waals surface area contributed by atoms with Gasteiger partial charge in [0.1, 0.15) is 12.2 Å². The third-order valence-electron chi connectivity index (χ3n) is 3.75. The Morgan fingerprint density at radius 1 is 1.30 bits per heavy atom. The zero-order chi connectivity index (χ0) is 17.1. The van der Waals surface area contributed by atoms with E-state index >= 15 is 0 Å². The van der Waals surface area contributed by atoms with Crippen molar-refractivity contribution in [1.29, 1.82) is 0 Å². The van der Waals surface area contributed by atoms with E-state index in [1.165, 1.54) is 12.8 Å². The van der Waals surface area contributed by atoms with Gasteiger partial charge in [-0.3, -0.25) is 4.79 Å². The summed E-state index contributed by atoms with van der Waals surface area (Å²) in [4.78, 5) is 38.0. The molecule has 1 atom stereocenters. The van der Waals surface area contributed by atoms with E-state index in [0.717, 1.165) is 30.7 Å². The molecule has 0 N–H and O–H groups in total. The van der Waals surface area contributed by atoms with Crippen LogP contribution < -0.4 is 0 Å². The molecule has 0 spiro atoms. The number of hydrogen-bond acceptors (Lipinski definition) is 5. The Bertz CT molecular complexity index is 474. The third-order valence-corrected chi connectivity index (χ3v) is 3.75. The SMILES string of the molecule is CCCCCCCCC(=O)CC(=O)N(N=[N+]=[N-])C1CCOC1=O. The second-order valence-electron chi connectivity index (χ2n) is 5.62. The highest BCUT2D eigenvalue weighted by molar-refractivity contribution is 5.99. The fourth-order valence-electron chi connectivity index (χ4n) is 2.48. The molecule has 0 aromatic heterocycles. The number of ketones is 1. The predicted molar refractivity (Wildman–Crippen MR) is 83.0 cm³/mol. The fourth-order valence-corrected chi connectivity index (χ4v) is 2.48. The maximum Gasteiger partial charge on any atom is 0.352 e. The van der Waals surface area contributed by atoms with Gasteiger partial charge in [-0.15, -0.1) is 5.53 Å². The first-order valence-corrected chi connectivity index (χ1v) is 8.15. The summed E-state index contributed by atoms with van der Waals surface area (Å²) in [7, 11) is 0. The first-order chi connectivity index (χ1) is 11.1. The van der Waals surface area contributed by atoms with Gasteiger partial charge in [0.05, 0.1) is 6.61 Å². The van der Waals surface area contributed by atoms with Crippen LogP contribution in [0.2, 0.25) is 0 Å². The molecule has 8 heteroatoms. The van der Waals surface area contributed by atoms with Crippen molar-refractivity contribution < 1.29 is 19.1 Å². The van der Waals surface area contributed by atoms with Crippen LogP contribution in [-0.4, -0.2) is 35.3 Å². The van der Waals surface area contributed by atoms with E-state index in [2.05, 4.69) is 17.1 Å². The Hall–Kier alpha value is -2.08. The van der Waals surface area contributed by atoms with E-state index in [1.54, 1.807) is 0 Å². The van der Waals surface area contributed by atoms with Crippen molar-refractivity contribution in [3.8, 4) is 0 Å². The Kier molecular flexibility index (Phi) is 8.75. The molecule has 23 heavy (non-hydrogen) atoms. The van der Waals surface area contributed by atoms with Crippen LogP contribution in [0.3, 0.4) is 0 Å². The maximum atomic E-state index is 12.1. The summed E-state index contributed by atoms with van der Waals surface area (Å²) < 4.78 is 4.76. The largest absolute Gasteiger partial charge is 0.462 e. The van der Waals surface area contributed by atoms with Gasteiger partial charge >= 0.3 is 11.9 Å². The minimum absolute atomic E-state index is 0.180. The number of rotatable bonds is 11. The molecule has 1 heterocycles. The Balaban J connectivity index is 2.38. The molecule has 1 amide bonds. The summed E-state index contributed by atoms with van der Waals surface area (Å²) in [6.45, 7) is 2.32. The molecular weight excluding hydrogens is 300 g/mol. The number of hydrogen-bond donors (Lipinski definition) is 0. The van der Waals surface area contributed by atoms with E-state index in [4.69, 9.17) is 10.3 Å². The van der Waals surface area contributed by atoms with Crippen molar-refractivity contribution in [2.75, 3.05) is 6.61 Å². The van der Waals surface area contributed by atoms with Crippen molar-refractivity contribution in [2.24, 2.45) is 5.22 Å². The predicted octanol–water partition coefficient (Wildman–Crippen LogP) is 3.07. The Morgan fingerprint density at radius 2 is 2.00 bits per heavy atom. The van der Waals surface area contributed by atoms with Crippen molar-refractivity contribution in [2.45, 2.75) is 70.8 Å². The Morgan fingerprint density at radius 3 is 2.61 bits per heavy atom. The molecule has 1 saturated heterocycles. The minimum atomic E-state index is -0.916. The molecule has 0 aromatic rings. The molecular formula is C15H24N4O4. The topological polar surface area (TPSA) is 112 Å². The summed E-state index contributed by atoms with van der Waals surface area (Å²) in [6, 6.07) is -0.916. The normalized spacial score (nSPS) is 16.6. The highest BCUT2D eigenvalue weighted by Gasteiger charge is 2.39. The summed E-state index contributed by atoms with van der Waals surface area (Å²) >= 11 is 0. The molecule has 0 aromatic carbocycles. The van der Waals surface area contributed by atoms with Crippen molar-refractivity contribution >= 4 is 17.7 Å². The molecule has 1 fully saturated rings. The van der Waals surface area contributed by atoms with Crippen LogP contribution in [0.25, 0.3) is 10.4 Å². The number of cyclic esters (lactones) is 1. The molecule has 128 valence electrons. The van der Waals surface area contributed by atoms with Crippen molar-refractivity contribution in [1.82, 2.24) is 5.01 Å². The van der Waals surface area contributed by atoms with Gasteiger partial charge in [-0.1, -0.05) is 39.0 Å². The van der Waals surface area contributed by atoms with E-state index < -0.39 is 17.9 Å². The monoisotopic (exact) mass is 324 g/mol. The lowest BCUT2D eigenvalue weighted by atomic mass is 10.1. The number of unbranched alkanes of at least 4 members (excludes halogenated alkanes) is 5. The summed E-state index contributed by atoms with van der Waals surface area (Å²) in [5.41, 5.74) is 8.54. The van der Waals surface area contributed by atoms with Crippen LogP contribution in [0.15, 0.2) is 5.22 Å². The number of nitrogens with zero attached hydrogens (tertiary/aromatic N) is 4. The molecule has 0 bridgehead atoms. The van der Waals surface area contributed by atoms with Crippen molar-refractivity contribution in [3.63, 3.8) is 0 Å². The average molecular weight is 324 g/mol. The fraction of sp³-hybridized carbons (Fsp3) is 0.800. The molecule has 0 radical (unpaired) electrons. The molecule has 0 saturated carbocycles. The van der Waals surface area contributed by atoms with E-state index in [0.29, 0.717) is 6.42 Å². The highest BCUT2D eigenvalue weighted by atomic mass is 16.5. The minimum Gasteiger partial charge on any atom is -0.462 e. The number of carbonyl (C=O) groups excluding carboxylic acids is 3. The number of amides is 1. The van der Waals surface area contributed by atoms with Crippen LogP contribution in [0.5, 0.6) is 0 Å². The second-order valence-corrected chi connectivity index (χ2v) is 5.62. The summed E-state index contributed by atoms with van der Waals surface area (Å²) in [5, 5.41) is 4.00. The summed E-state index contributed by atoms with van der Waals surface area (Å²) in [6.07, 6.45) is 6.60. The molecule has 1 aliphatic rings. The third kappa shape index (κ3) is 6.69. The molecule has 1 unspecified atom stereocenters. The van der Waals surface area contributed by atoms with E-state index in [-0.39, 0.29) is 25.2 Å². The zero-order valence-corrected chi connectivity index (χ0v) is 13.6. The van der Waals surface area contributed by atoms with Gasteiger partial charge in [0.15, 0.2) is 0 Å². The lowest BCUT2D eigenvalue weighted by Crippen LogP contribution is -2.39. The van der Waals surface area contributed by atoms with Gasteiger partial charge < -0.3 is 4.74 Å². The number of Topliss-reactive ketones (excluding diaryl/α,β-unsaturated/α-hetero) is 1. The van der Waals surface area contributed by atoms with E-state index in [9.17, 15) is 14.4 Å². The lowest BCUT2D eigenvalue weighted by Gasteiger charge is -2.14. The van der Waals surface area contributed by atoms with Gasteiger partial charge in [0.25, 0.3) is 0 Å². The number of ether oxygens (including phenoxy) is 1. The molecule has 8 nitrogen and oxygen atoms in total. The quantitative estimate of drug-likeness (QED) is 0.110. The first kappa shape index (κ1) is 19.0. The highest BCUT2D eigenvalue weighted by Crippen LogP contribution is 2.17. The first-order valence-electron chi connectivity index (χ1n) is 8.15. The number of carbonyl (C=O) groups is 3. The average Bonchev–Trinajstić information content (AvgIpc) is 2.94. The second kappa shape index (κ2) is 10.6. The molecule has 1 rings (SSSR count). The van der Waals surface area contributed by atoms with Crippen molar-refractivity contribution in [3.05, 3.63) is 10.4 Å². The smallest absolute Gasteiger partial charge is 0.352 e. The standard InChI is InChI=1S/C15H24N4O4/c1-2-3-4-5-6-7-8-12(20)11-14(21)19(18-17-16)13-9-10-23-15(13)22/h13H,2-11H2,1H3. The number of azide groups is 1. The number of esters is 1. The van der Waals surface area contributed by atoms with Crippen LogP contribution in [0.1, 0.15) is 64.7 Å². The molecule has 1 aliphatic heterocycles. The van der Waals surface area contributed by atoms with Crippen LogP contribution >= 0.6 is 0 Å². The van der Waals surface area contributed by atoms with Gasteiger partial charge in [0.2, 0.25) is 6.04 Å². The van der Waals surface area contributed by atoms with Crippen LogP contribution in [-0.2, 0) is 19.1 Å².